The zero-order valence-corrected chi connectivity index (χ0v) is 14.6. The van der Waals surface area contributed by atoms with Crippen LogP contribution in [0.4, 0.5) is 4.79 Å². The summed E-state index contributed by atoms with van der Waals surface area (Å²) >= 11 is 1.96. The average Bonchev–Trinajstić information content (AvgIpc) is 2.95. The van der Waals surface area contributed by atoms with Gasteiger partial charge in [0, 0.05) is 24.9 Å². The van der Waals surface area contributed by atoms with Gasteiger partial charge in [-0.15, -0.1) is 0 Å². The molecule has 2 aliphatic rings. The molecule has 126 valence electrons. The quantitative estimate of drug-likeness (QED) is 0.890. The maximum Gasteiger partial charge on any atom is 0.315 e. The number of carbonyl (C=O) groups excluding carboxylic acids is 1. The first kappa shape index (κ1) is 16.7. The summed E-state index contributed by atoms with van der Waals surface area (Å²) in [7, 11) is 0. The molecule has 2 fully saturated rings. The summed E-state index contributed by atoms with van der Waals surface area (Å²) < 4.78 is 6.00. The SMILES string of the molecule is Cc1cccc(CCNC(=O)NC2CCOC3(CCSC3)C2)c1. The fraction of sp³-hybridized carbons (Fsp3) is 0.611. The molecular formula is C18H26N2O2S. The molecule has 1 spiro atoms. The Morgan fingerprint density at radius 1 is 1.48 bits per heavy atom. The first-order valence-corrected chi connectivity index (χ1v) is 9.62. The smallest absolute Gasteiger partial charge is 0.315 e. The van der Waals surface area contributed by atoms with E-state index in [0.29, 0.717) is 6.54 Å². The van der Waals surface area contributed by atoms with Crippen molar-refractivity contribution in [3.8, 4) is 0 Å². The molecule has 2 unspecified atom stereocenters. The molecule has 2 amide bonds. The van der Waals surface area contributed by atoms with Gasteiger partial charge in [-0.2, -0.15) is 11.8 Å². The first-order valence-electron chi connectivity index (χ1n) is 8.47. The summed E-state index contributed by atoms with van der Waals surface area (Å²) in [5.74, 6) is 2.25. The van der Waals surface area contributed by atoms with E-state index < -0.39 is 0 Å². The lowest BCUT2D eigenvalue weighted by Gasteiger charge is -2.37. The topological polar surface area (TPSA) is 50.4 Å². The fourth-order valence-electron chi connectivity index (χ4n) is 3.44. The molecule has 2 aliphatic heterocycles. The number of hydrogen-bond donors (Lipinski definition) is 2. The Morgan fingerprint density at radius 3 is 3.17 bits per heavy atom. The van der Waals surface area contributed by atoms with Gasteiger partial charge in [-0.25, -0.2) is 4.79 Å². The summed E-state index contributed by atoms with van der Waals surface area (Å²) in [5.41, 5.74) is 2.54. The molecular weight excluding hydrogens is 308 g/mol. The number of carbonyl (C=O) groups is 1. The van der Waals surface area contributed by atoms with Gasteiger partial charge < -0.3 is 15.4 Å². The zero-order chi connectivity index (χ0) is 16.1. The number of benzene rings is 1. The van der Waals surface area contributed by atoms with Crippen LogP contribution in [0.2, 0.25) is 0 Å². The van der Waals surface area contributed by atoms with Crippen LogP contribution in [0.15, 0.2) is 24.3 Å². The number of urea groups is 1. The van der Waals surface area contributed by atoms with Crippen molar-refractivity contribution < 1.29 is 9.53 Å². The van der Waals surface area contributed by atoms with Crippen molar-refractivity contribution in [3.05, 3.63) is 35.4 Å². The minimum Gasteiger partial charge on any atom is -0.374 e. The highest BCUT2D eigenvalue weighted by molar-refractivity contribution is 7.99. The highest BCUT2D eigenvalue weighted by Crippen LogP contribution is 2.38. The molecule has 0 aliphatic carbocycles. The van der Waals surface area contributed by atoms with Gasteiger partial charge in [0.05, 0.1) is 5.60 Å². The lowest BCUT2D eigenvalue weighted by molar-refractivity contribution is -0.0684. The van der Waals surface area contributed by atoms with Crippen LogP contribution in [0.1, 0.15) is 30.4 Å². The van der Waals surface area contributed by atoms with Crippen LogP contribution < -0.4 is 10.6 Å². The molecule has 3 rings (SSSR count). The summed E-state index contributed by atoms with van der Waals surface area (Å²) in [4.78, 5) is 12.1. The van der Waals surface area contributed by atoms with E-state index in [-0.39, 0.29) is 17.7 Å². The Labute approximate surface area is 142 Å². The van der Waals surface area contributed by atoms with E-state index in [2.05, 4.69) is 41.8 Å². The highest BCUT2D eigenvalue weighted by atomic mass is 32.2. The predicted molar refractivity (Wildman–Crippen MR) is 95.1 cm³/mol. The molecule has 0 saturated carbocycles. The fourth-order valence-corrected chi connectivity index (χ4v) is 4.82. The Hall–Kier alpha value is -1.20. The Bertz CT molecular complexity index is 544. The molecule has 2 saturated heterocycles. The molecule has 23 heavy (non-hydrogen) atoms. The average molecular weight is 334 g/mol. The number of rotatable bonds is 4. The van der Waals surface area contributed by atoms with E-state index in [1.807, 2.05) is 11.8 Å². The van der Waals surface area contributed by atoms with Crippen molar-refractivity contribution in [1.82, 2.24) is 10.6 Å². The predicted octanol–water partition coefficient (Wildman–Crippen LogP) is 2.89. The van der Waals surface area contributed by atoms with Gasteiger partial charge in [0.25, 0.3) is 0 Å². The van der Waals surface area contributed by atoms with Crippen molar-refractivity contribution in [1.29, 1.82) is 0 Å². The summed E-state index contributed by atoms with van der Waals surface area (Å²) in [6.07, 6.45) is 3.84. The summed E-state index contributed by atoms with van der Waals surface area (Å²) in [6.45, 7) is 3.51. The van der Waals surface area contributed by atoms with Gasteiger partial charge in [0.2, 0.25) is 0 Å². The molecule has 0 bridgehead atoms. The molecule has 0 radical (unpaired) electrons. The largest absolute Gasteiger partial charge is 0.374 e. The zero-order valence-electron chi connectivity index (χ0n) is 13.8. The lowest BCUT2D eigenvalue weighted by Crippen LogP contribution is -2.51. The Kier molecular flexibility index (Phi) is 5.49. The van der Waals surface area contributed by atoms with Gasteiger partial charge in [-0.05, 0) is 43.9 Å². The minimum atomic E-state index is -0.0506. The van der Waals surface area contributed by atoms with Crippen LogP contribution in [-0.4, -0.2) is 42.3 Å². The molecule has 4 nitrogen and oxygen atoms in total. The Morgan fingerprint density at radius 2 is 2.39 bits per heavy atom. The maximum absolute atomic E-state index is 12.1. The number of nitrogens with one attached hydrogen (secondary N) is 2. The third kappa shape index (κ3) is 4.64. The van der Waals surface area contributed by atoms with E-state index in [9.17, 15) is 4.79 Å². The first-order chi connectivity index (χ1) is 11.2. The number of thioether (sulfide) groups is 1. The second-order valence-electron chi connectivity index (χ2n) is 6.66. The van der Waals surface area contributed by atoms with Crippen molar-refractivity contribution in [2.45, 2.75) is 44.2 Å². The van der Waals surface area contributed by atoms with Crippen molar-refractivity contribution >= 4 is 17.8 Å². The third-order valence-corrected chi connectivity index (χ3v) is 5.90. The van der Waals surface area contributed by atoms with Gasteiger partial charge >= 0.3 is 6.03 Å². The summed E-state index contributed by atoms with van der Waals surface area (Å²) in [6, 6.07) is 8.61. The van der Waals surface area contributed by atoms with Gasteiger partial charge in [-0.1, -0.05) is 29.8 Å². The molecule has 0 aromatic heterocycles. The number of aryl methyl sites for hydroxylation is 1. The molecule has 1 aromatic rings. The van der Waals surface area contributed by atoms with E-state index in [4.69, 9.17) is 4.74 Å². The van der Waals surface area contributed by atoms with E-state index in [0.717, 1.165) is 38.0 Å². The van der Waals surface area contributed by atoms with Gasteiger partial charge in [0.1, 0.15) is 0 Å². The van der Waals surface area contributed by atoms with Gasteiger partial charge in [0.15, 0.2) is 0 Å². The second kappa shape index (κ2) is 7.58. The molecule has 2 atom stereocenters. The van der Waals surface area contributed by atoms with Crippen LogP contribution >= 0.6 is 11.8 Å². The summed E-state index contributed by atoms with van der Waals surface area (Å²) in [5, 5.41) is 6.11. The molecule has 5 heteroatoms. The van der Waals surface area contributed by atoms with Crippen LogP contribution in [0, 0.1) is 6.92 Å². The minimum absolute atomic E-state index is 0.0163. The molecule has 1 aromatic carbocycles. The van der Waals surface area contributed by atoms with Crippen LogP contribution in [0.5, 0.6) is 0 Å². The van der Waals surface area contributed by atoms with Crippen molar-refractivity contribution in [3.63, 3.8) is 0 Å². The number of hydrogen-bond acceptors (Lipinski definition) is 3. The normalized spacial score (nSPS) is 27.1. The van der Waals surface area contributed by atoms with Crippen molar-refractivity contribution in [2.75, 3.05) is 24.7 Å². The number of ether oxygens (including phenoxy) is 1. The third-order valence-electron chi connectivity index (χ3n) is 4.68. The van der Waals surface area contributed by atoms with Crippen molar-refractivity contribution in [2.24, 2.45) is 0 Å². The highest BCUT2D eigenvalue weighted by Gasteiger charge is 2.40. The lowest BCUT2D eigenvalue weighted by atomic mass is 9.90. The monoisotopic (exact) mass is 334 g/mol. The van der Waals surface area contributed by atoms with Gasteiger partial charge in [-0.3, -0.25) is 0 Å². The second-order valence-corrected chi connectivity index (χ2v) is 7.77. The van der Waals surface area contributed by atoms with E-state index in [1.165, 1.54) is 16.9 Å². The standard InChI is InChI=1S/C18H26N2O2S/c1-14-3-2-4-15(11-14)5-8-19-17(21)20-16-6-9-22-18(12-16)7-10-23-13-18/h2-4,11,16H,5-10,12-13H2,1H3,(H2,19,20,21). The van der Waals surface area contributed by atoms with E-state index >= 15 is 0 Å². The van der Waals surface area contributed by atoms with E-state index in [1.54, 1.807) is 0 Å². The van der Waals surface area contributed by atoms with Crippen LogP contribution in [0.25, 0.3) is 0 Å². The Balaban J connectivity index is 1.40. The molecule has 2 heterocycles. The van der Waals surface area contributed by atoms with Crippen LogP contribution in [-0.2, 0) is 11.2 Å². The maximum atomic E-state index is 12.1. The molecule has 2 N–H and O–H groups in total. The number of amides is 2. The van der Waals surface area contributed by atoms with Crippen LogP contribution in [0.3, 0.4) is 0 Å².